The molecule has 1 aromatic heterocycles. The van der Waals surface area contributed by atoms with Gasteiger partial charge >= 0.3 is 6.18 Å². The maximum absolute atomic E-state index is 12.7. The molecule has 0 radical (unpaired) electrons. The van der Waals surface area contributed by atoms with Crippen molar-refractivity contribution in [1.29, 1.82) is 0 Å². The molecule has 1 heterocycles. The zero-order valence-corrected chi connectivity index (χ0v) is 13.7. The SMILES string of the molecule is CC(CN)(NC(=O)c1cccc(-n2ccc(C(F)(F)F)n2)c1)C1CC1. The molecule has 0 saturated heterocycles. The second-order valence-electron chi connectivity index (χ2n) is 6.54. The fourth-order valence-electron chi connectivity index (χ4n) is 2.78. The van der Waals surface area contributed by atoms with E-state index >= 15 is 0 Å². The van der Waals surface area contributed by atoms with Crippen LogP contribution in [0.2, 0.25) is 0 Å². The Morgan fingerprint density at radius 2 is 2.08 bits per heavy atom. The summed E-state index contributed by atoms with van der Waals surface area (Å²) in [7, 11) is 0. The Morgan fingerprint density at radius 3 is 2.64 bits per heavy atom. The summed E-state index contributed by atoms with van der Waals surface area (Å²) in [6.45, 7) is 2.24. The molecular formula is C17H19F3N4O. The standard InChI is InChI=1S/C17H19F3N4O/c1-16(10-21,12-5-6-12)22-15(25)11-3-2-4-13(9-11)24-8-7-14(23-24)17(18,19)20/h2-4,7-9,12H,5-6,10,21H2,1H3,(H,22,25). The Balaban J connectivity index is 1.81. The molecule has 3 N–H and O–H groups in total. The highest BCUT2D eigenvalue weighted by molar-refractivity contribution is 5.95. The minimum Gasteiger partial charge on any atom is -0.345 e. The van der Waals surface area contributed by atoms with Gasteiger partial charge in [0.05, 0.1) is 11.2 Å². The van der Waals surface area contributed by atoms with Crippen LogP contribution in [0.1, 0.15) is 35.8 Å². The number of nitrogens with zero attached hydrogens (tertiary/aromatic N) is 2. The predicted octanol–water partition coefficient (Wildman–Crippen LogP) is 2.75. The van der Waals surface area contributed by atoms with Crippen molar-refractivity contribution in [2.45, 2.75) is 31.5 Å². The maximum atomic E-state index is 12.7. The van der Waals surface area contributed by atoms with Crippen LogP contribution in [-0.2, 0) is 6.18 Å². The molecule has 5 nitrogen and oxygen atoms in total. The number of nitrogens with two attached hydrogens (primary N) is 1. The molecule has 1 fully saturated rings. The number of hydrogen-bond acceptors (Lipinski definition) is 3. The van der Waals surface area contributed by atoms with Crippen LogP contribution < -0.4 is 11.1 Å². The first kappa shape index (κ1) is 17.5. The number of nitrogens with one attached hydrogen (secondary N) is 1. The predicted molar refractivity (Wildman–Crippen MR) is 86.2 cm³/mol. The van der Waals surface area contributed by atoms with E-state index in [1.165, 1.54) is 12.3 Å². The lowest BCUT2D eigenvalue weighted by atomic mass is 9.95. The molecular weight excluding hydrogens is 333 g/mol. The second-order valence-corrected chi connectivity index (χ2v) is 6.54. The van der Waals surface area contributed by atoms with Gasteiger partial charge in [-0.1, -0.05) is 6.07 Å². The number of carbonyl (C=O) groups excluding carboxylic acids is 1. The van der Waals surface area contributed by atoms with Crippen LogP contribution in [0.15, 0.2) is 36.5 Å². The molecule has 25 heavy (non-hydrogen) atoms. The fourth-order valence-corrected chi connectivity index (χ4v) is 2.78. The lowest BCUT2D eigenvalue weighted by Gasteiger charge is -2.29. The van der Waals surface area contributed by atoms with Crippen LogP contribution in [0.5, 0.6) is 0 Å². The third-order valence-electron chi connectivity index (χ3n) is 4.55. The van der Waals surface area contributed by atoms with E-state index < -0.39 is 17.4 Å². The minimum atomic E-state index is -4.51. The quantitative estimate of drug-likeness (QED) is 0.869. The number of amides is 1. The highest BCUT2D eigenvalue weighted by atomic mass is 19.4. The molecule has 0 spiro atoms. The van der Waals surface area contributed by atoms with Crippen molar-refractivity contribution in [3.05, 3.63) is 47.8 Å². The molecule has 0 bridgehead atoms. The number of hydrogen-bond donors (Lipinski definition) is 2. The van der Waals surface area contributed by atoms with Crippen LogP contribution in [0.3, 0.4) is 0 Å². The van der Waals surface area contributed by atoms with Crippen molar-refractivity contribution in [2.75, 3.05) is 6.54 Å². The summed E-state index contributed by atoms with van der Waals surface area (Å²) < 4.78 is 39.1. The van der Waals surface area contributed by atoms with Crippen LogP contribution in [0.4, 0.5) is 13.2 Å². The van der Waals surface area contributed by atoms with Gasteiger partial charge in [-0.15, -0.1) is 0 Å². The van der Waals surface area contributed by atoms with Crippen molar-refractivity contribution in [2.24, 2.45) is 11.7 Å². The monoisotopic (exact) mass is 352 g/mol. The smallest absolute Gasteiger partial charge is 0.345 e. The van der Waals surface area contributed by atoms with Gasteiger partial charge in [-0.25, -0.2) is 4.68 Å². The Bertz CT molecular complexity index is 782. The van der Waals surface area contributed by atoms with E-state index in [-0.39, 0.29) is 5.91 Å². The van der Waals surface area contributed by atoms with Gasteiger partial charge in [-0.3, -0.25) is 4.79 Å². The van der Waals surface area contributed by atoms with Gasteiger partial charge in [-0.05, 0) is 49.9 Å². The Hall–Kier alpha value is -2.35. The zero-order chi connectivity index (χ0) is 18.2. The molecule has 8 heteroatoms. The molecule has 0 aliphatic heterocycles. The largest absolute Gasteiger partial charge is 0.435 e. The van der Waals surface area contributed by atoms with E-state index in [0.29, 0.717) is 23.7 Å². The summed E-state index contributed by atoms with van der Waals surface area (Å²) in [5.74, 6) is 0.0648. The molecule has 3 rings (SSSR count). The third kappa shape index (κ3) is 3.68. The van der Waals surface area contributed by atoms with Crippen molar-refractivity contribution < 1.29 is 18.0 Å². The molecule has 1 saturated carbocycles. The summed E-state index contributed by atoms with van der Waals surface area (Å²) in [5, 5.41) is 6.48. The zero-order valence-electron chi connectivity index (χ0n) is 13.7. The van der Waals surface area contributed by atoms with E-state index in [1.807, 2.05) is 6.92 Å². The van der Waals surface area contributed by atoms with E-state index in [0.717, 1.165) is 23.6 Å². The number of aromatic nitrogens is 2. The van der Waals surface area contributed by atoms with Gasteiger partial charge in [0.25, 0.3) is 5.91 Å². The van der Waals surface area contributed by atoms with E-state index in [9.17, 15) is 18.0 Å². The van der Waals surface area contributed by atoms with Gasteiger partial charge in [-0.2, -0.15) is 18.3 Å². The minimum absolute atomic E-state index is 0.301. The first-order valence-electron chi connectivity index (χ1n) is 7.99. The van der Waals surface area contributed by atoms with E-state index in [2.05, 4.69) is 10.4 Å². The number of rotatable bonds is 5. The van der Waals surface area contributed by atoms with E-state index in [4.69, 9.17) is 5.73 Å². The van der Waals surface area contributed by atoms with Crippen LogP contribution in [0, 0.1) is 5.92 Å². The van der Waals surface area contributed by atoms with E-state index in [1.54, 1.807) is 18.2 Å². The summed E-state index contributed by atoms with van der Waals surface area (Å²) >= 11 is 0. The summed E-state index contributed by atoms with van der Waals surface area (Å²) in [6, 6.07) is 7.21. The van der Waals surface area contributed by atoms with Crippen LogP contribution in [-0.4, -0.2) is 27.8 Å². The third-order valence-corrected chi connectivity index (χ3v) is 4.55. The molecule has 1 aromatic carbocycles. The average Bonchev–Trinajstić information content (AvgIpc) is 3.31. The van der Waals surface area contributed by atoms with Gasteiger partial charge in [0, 0.05) is 18.3 Å². The first-order valence-corrected chi connectivity index (χ1v) is 7.99. The lowest BCUT2D eigenvalue weighted by molar-refractivity contribution is -0.141. The first-order chi connectivity index (χ1) is 11.7. The number of halogens is 3. The van der Waals surface area contributed by atoms with Gasteiger partial charge in [0.15, 0.2) is 5.69 Å². The van der Waals surface area contributed by atoms with Crippen molar-refractivity contribution in [1.82, 2.24) is 15.1 Å². The van der Waals surface area contributed by atoms with Crippen LogP contribution in [0.25, 0.3) is 5.69 Å². The molecule has 1 aliphatic carbocycles. The Morgan fingerprint density at radius 1 is 1.36 bits per heavy atom. The molecule has 1 amide bonds. The highest BCUT2D eigenvalue weighted by Crippen LogP contribution is 2.39. The lowest BCUT2D eigenvalue weighted by Crippen LogP contribution is -2.53. The number of benzene rings is 1. The van der Waals surface area contributed by atoms with Crippen molar-refractivity contribution in [3.8, 4) is 5.69 Å². The average molecular weight is 352 g/mol. The number of alkyl halides is 3. The summed E-state index contributed by atoms with van der Waals surface area (Å²) in [5.41, 5.74) is 5.08. The Labute approximate surface area is 143 Å². The fraction of sp³-hybridized carbons (Fsp3) is 0.412. The normalized spacial score (nSPS) is 17.2. The second kappa shape index (κ2) is 6.18. The molecule has 1 aliphatic rings. The summed E-state index contributed by atoms with van der Waals surface area (Å²) in [6.07, 6.45) is -1.23. The van der Waals surface area contributed by atoms with Crippen molar-refractivity contribution in [3.63, 3.8) is 0 Å². The van der Waals surface area contributed by atoms with Crippen molar-refractivity contribution >= 4 is 5.91 Å². The molecule has 1 atom stereocenters. The topological polar surface area (TPSA) is 72.9 Å². The number of carbonyl (C=O) groups is 1. The highest BCUT2D eigenvalue weighted by Gasteiger charge is 2.41. The maximum Gasteiger partial charge on any atom is 0.435 e. The van der Waals surface area contributed by atoms with Gasteiger partial charge < -0.3 is 11.1 Å². The molecule has 2 aromatic rings. The molecule has 1 unspecified atom stereocenters. The summed E-state index contributed by atoms with van der Waals surface area (Å²) in [4.78, 5) is 12.5. The Kier molecular flexibility index (Phi) is 4.32. The molecule has 134 valence electrons. The van der Waals surface area contributed by atoms with Gasteiger partial charge in [0.2, 0.25) is 0 Å². The van der Waals surface area contributed by atoms with Gasteiger partial charge in [0.1, 0.15) is 0 Å². The van der Waals surface area contributed by atoms with Crippen LogP contribution >= 0.6 is 0 Å².